The minimum atomic E-state index is -0.697. The molecule has 2 rings (SSSR count). The lowest BCUT2D eigenvalue weighted by molar-refractivity contribution is -0.393. The van der Waals surface area contributed by atoms with Crippen LogP contribution in [0.5, 0.6) is 0 Å². The molecule has 0 aliphatic rings. The van der Waals surface area contributed by atoms with E-state index in [0.717, 1.165) is 17.2 Å². The molecule has 1 N–H and O–H groups in total. The van der Waals surface area contributed by atoms with Crippen molar-refractivity contribution in [3.8, 4) is 0 Å². The minimum Gasteiger partial charge on any atom is -0.272 e. The summed E-state index contributed by atoms with van der Waals surface area (Å²) in [5, 5.41) is 25.5. The molecule has 112 valence electrons. The number of anilines is 1. The summed E-state index contributed by atoms with van der Waals surface area (Å²) >= 11 is 0. The standard InChI is InChI=1S/C14H12N4O4/c1-10-3-2-4-11(7-10)9-15-16-13-6-5-12(17(19)20)8-14(13)18(21)22/h2-9,16H,1H3/b15-9-. The van der Waals surface area contributed by atoms with Gasteiger partial charge in [0.1, 0.15) is 5.69 Å². The third-order valence-corrected chi connectivity index (χ3v) is 2.83. The minimum absolute atomic E-state index is 0.0829. The number of nitro benzene ring substituents is 2. The summed E-state index contributed by atoms with van der Waals surface area (Å²) in [4.78, 5) is 20.2. The van der Waals surface area contributed by atoms with Crippen LogP contribution in [0.4, 0.5) is 17.1 Å². The average molecular weight is 300 g/mol. The number of nitrogens with one attached hydrogen (secondary N) is 1. The van der Waals surface area contributed by atoms with E-state index in [9.17, 15) is 20.2 Å². The first-order chi connectivity index (χ1) is 10.5. The molecule has 0 saturated carbocycles. The zero-order valence-electron chi connectivity index (χ0n) is 11.6. The molecular formula is C14H12N4O4. The molecule has 0 amide bonds. The Kier molecular flexibility index (Phi) is 4.42. The van der Waals surface area contributed by atoms with Gasteiger partial charge in [-0.25, -0.2) is 0 Å². The van der Waals surface area contributed by atoms with Gasteiger partial charge >= 0.3 is 5.69 Å². The molecule has 0 heterocycles. The quantitative estimate of drug-likeness (QED) is 0.517. The van der Waals surface area contributed by atoms with Gasteiger partial charge < -0.3 is 0 Å². The predicted molar refractivity (Wildman–Crippen MR) is 82.1 cm³/mol. The molecule has 0 aliphatic heterocycles. The molecule has 0 aliphatic carbocycles. The summed E-state index contributed by atoms with van der Waals surface area (Å²) in [6.07, 6.45) is 1.51. The zero-order chi connectivity index (χ0) is 16.1. The van der Waals surface area contributed by atoms with E-state index in [1.54, 1.807) is 0 Å². The van der Waals surface area contributed by atoms with Crippen molar-refractivity contribution < 1.29 is 9.85 Å². The Morgan fingerprint density at radius 2 is 1.86 bits per heavy atom. The lowest BCUT2D eigenvalue weighted by Gasteiger charge is -2.02. The lowest BCUT2D eigenvalue weighted by atomic mass is 10.2. The summed E-state index contributed by atoms with van der Waals surface area (Å²) in [7, 11) is 0. The van der Waals surface area contributed by atoms with Gasteiger partial charge in [0.15, 0.2) is 0 Å². The molecule has 0 bridgehead atoms. The topological polar surface area (TPSA) is 111 Å². The highest BCUT2D eigenvalue weighted by Gasteiger charge is 2.18. The summed E-state index contributed by atoms with van der Waals surface area (Å²) < 4.78 is 0. The molecule has 22 heavy (non-hydrogen) atoms. The molecule has 0 atom stereocenters. The summed E-state index contributed by atoms with van der Waals surface area (Å²) in [5.41, 5.74) is 3.75. The van der Waals surface area contributed by atoms with Gasteiger partial charge in [0.05, 0.1) is 22.1 Å². The second-order valence-corrected chi connectivity index (χ2v) is 4.50. The fraction of sp³-hybridized carbons (Fsp3) is 0.0714. The Balaban J connectivity index is 2.22. The number of nitrogens with zero attached hydrogens (tertiary/aromatic N) is 3. The first-order valence-corrected chi connectivity index (χ1v) is 6.26. The van der Waals surface area contributed by atoms with Crippen molar-refractivity contribution in [2.45, 2.75) is 6.92 Å². The maximum absolute atomic E-state index is 11.0. The van der Waals surface area contributed by atoms with Gasteiger partial charge in [0.2, 0.25) is 0 Å². The van der Waals surface area contributed by atoms with Gasteiger partial charge in [-0.05, 0) is 18.6 Å². The van der Waals surface area contributed by atoms with Crippen LogP contribution in [0.3, 0.4) is 0 Å². The van der Waals surface area contributed by atoms with Crippen molar-refractivity contribution in [2.24, 2.45) is 5.10 Å². The number of hydrogen-bond donors (Lipinski definition) is 1. The highest BCUT2D eigenvalue weighted by Crippen LogP contribution is 2.28. The normalized spacial score (nSPS) is 10.6. The smallest absolute Gasteiger partial charge is 0.272 e. The second kappa shape index (κ2) is 6.44. The predicted octanol–water partition coefficient (Wildman–Crippen LogP) is 3.26. The van der Waals surface area contributed by atoms with Crippen LogP contribution in [0.2, 0.25) is 0 Å². The van der Waals surface area contributed by atoms with E-state index in [4.69, 9.17) is 0 Å². The summed E-state index contributed by atoms with van der Waals surface area (Å²) in [5.74, 6) is 0. The van der Waals surface area contributed by atoms with Gasteiger partial charge in [-0.15, -0.1) is 0 Å². The fourth-order valence-corrected chi connectivity index (χ4v) is 1.81. The summed E-state index contributed by atoms with van der Waals surface area (Å²) in [6.45, 7) is 1.94. The zero-order valence-corrected chi connectivity index (χ0v) is 11.6. The van der Waals surface area contributed by atoms with Crippen molar-refractivity contribution >= 4 is 23.3 Å². The van der Waals surface area contributed by atoms with E-state index in [0.29, 0.717) is 0 Å². The first kappa shape index (κ1) is 15.1. The fourth-order valence-electron chi connectivity index (χ4n) is 1.81. The van der Waals surface area contributed by atoms with Crippen molar-refractivity contribution in [1.82, 2.24) is 0 Å². The highest BCUT2D eigenvalue weighted by molar-refractivity contribution is 5.81. The number of hydrogen-bond acceptors (Lipinski definition) is 6. The third-order valence-electron chi connectivity index (χ3n) is 2.83. The number of rotatable bonds is 5. The Hall–Kier alpha value is -3.29. The maximum Gasteiger partial charge on any atom is 0.301 e. The van der Waals surface area contributed by atoms with Crippen LogP contribution in [-0.2, 0) is 0 Å². The molecule has 0 saturated heterocycles. The Morgan fingerprint density at radius 1 is 1.09 bits per heavy atom. The van der Waals surface area contributed by atoms with E-state index in [-0.39, 0.29) is 11.4 Å². The number of benzene rings is 2. The third kappa shape index (κ3) is 3.63. The van der Waals surface area contributed by atoms with Crippen LogP contribution in [0.25, 0.3) is 0 Å². The number of aryl methyl sites for hydroxylation is 1. The van der Waals surface area contributed by atoms with Crippen LogP contribution in [0.1, 0.15) is 11.1 Å². The molecule has 8 heteroatoms. The van der Waals surface area contributed by atoms with Gasteiger partial charge in [0.25, 0.3) is 5.69 Å². The van der Waals surface area contributed by atoms with Crippen molar-refractivity contribution in [2.75, 3.05) is 5.43 Å². The van der Waals surface area contributed by atoms with Gasteiger partial charge in [-0.3, -0.25) is 25.7 Å². The number of nitro groups is 2. The average Bonchev–Trinajstić information content (AvgIpc) is 2.47. The SMILES string of the molecule is Cc1cccc(/C=N\Nc2ccc([N+](=O)[O-])cc2[N+](=O)[O-])c1. The molecule has 2 aromatic carbocycles. The Morgan fingerprint density at radius 3 is 2.50 bits per heavy atom. The molecular weight excluding hydrogens is 288 g/mol. The molecule has 0 fully saturated rings. The maximum atomic E-state index is 11.0. The molecule has 0 spiro atoms. The first-order valence-electron chi connectivity index (χ1n) is 6.26. The van der Waals surface area contributed by atoms with E-state index < -0.39 is 15.5 Å². The van der Waals surface area contributed by atoms with Crippen molar-refractivity contribution in [3.63, 3.8) is 0 Å². The molecule has 2 aromatic rings. The molecule has 0 radical (unpaired) electrons. The van der Waals surface area contributed by atoms with Crippen molar-refractivity contribution in [3.05, 3.63) is 73.8 Å². The van der Waals surface area contributed by atoms with Gasteiger partial charge in [-0.2, -0.15) is 5.10 Å². The van der Waals surface area contributed by atoms with E-state index in [2.05, 4.69) is 10.5 Å². The number of hydrazone groups is 1. The van der Waals surface area contributed by atoms with Crippen LogP contribution in [0.15, 0.2) is 47.6 Å². The molecule has 0 unspecified atom stereocenters. The van der Waals surface area contributed by atoms with E-state index in [1.165, 1.54) is 18.3 Å². The lowest BCUT2D eigenvalue weighted by Crippen LogP contribution is -1.98. The van der Waals surface area contributed by atoms with Crippen LogP contribution < -0.4 is 5.43 Å². The van der Waals surface area contributed by atoms with Gasteiger partial charge in [-0.1, -0.05) is 29.8 Å². The van der Waals surface area contributed by atoms with Crippen LogP contribution in [-0.4, -0.2) is 16.1 Å². The van der Waals surface area contributed by atoms with E-state index in [1.807, 2.05) is 31.2 Å². The summed E-state index contributed by atoms with van der Waals surface area (Å²) in [6, 6.07) is 10.9. The monoisotopic (exact) mass is 300 g/mol. The largest absolute Gasteiger partial charge is 0.301 e. The molecule has 8 nitrogen and oxygen atoms in total. The van der Waals surface area contributed by atoms with E-state index >= 15 is 0 Å². The Labute approximate surface area is 125 Å². The second-order valence-electron chi connectivity index (χ2n) is 4.50. The van der Waals surface area contributed by atoms with Crippen molar-refractivity contribution in [1.29, 1.82) is 0 Å². The van der Waals surface area contributed by atoms with Crippen LogP contribution in [0, 0.1) is 27.2 Å². The Bertz CT molecular complexity index is 758. The number of non-ortho nitro benzene ring substituents is 1. The van der Waals surface area contributed by atoms with Crippen LogP contribution >= 0.6 is 0 Å². The highest BCUT2D eigenvalue weighted by atomic mass is 16.6. The van der Waals surface area contributed by atoms with Gasteiger partial charge in [0, 0.05) is 6.07 Å². The molecule has 0 aromatic heterocycles.